The van der Waals surface area contributed by atoms with E-state index in [0.29, 0.717) is 22.5 Å². The largest absolute Gasteiger partial charge is 0.478 e. The molecule has 1 heterocycles. The van der Waals surface area contributed by atoms with Gasteiger partial charge in [0.1, 0.15) is 0 Å². The highest BCUT2D eigenvalue weighted by Crippen LogP contribution is 2.31. The maximum Gasteiger partial charge on any atom is 0.338 e. The molecule has 0 amide bonds. The van der Waals surface area contributed by atoms with Crippen LogP contribution in [-0.4, -0.2) is 16.1 Å². The van der Waals surface area contributed by atoms with E-state index < -0.39 is 5.97 Å². The minimum Gasteiger partial charge on any atom is -0.478 e. The monoisotopic (exact) mass is 285 g/mol. The summed E-state index contributed by atoms with van der Waals surface area (Å²) in [4.78, 5) is 15.9. The number of hydrogen-bond acceptors (Lipinski definition) is 4. The van der Waals surface area contributed by atoms with E-state index in [1.807, 2.05) is 31.2 Å². The summed E-state index contributed by atoms with van der Waals surface area (Å²) in [6.45, 7) is 4.09. The SMILES string of the molecule is Cc1ccc(-c2c(CN)c(CN)nc(C)c2C(=O)O)cc1. The number of carbonyl (C=O) groups is 1. The lowest BCUT2D eigenvalue weighted by Gasteiger charge is -2.17. The summed E-state index contributed by atoms with van der Waals surface area (Å²) in [5, 5.41) is 9.53. The van der Waals surface area contributed by atoms with Crippen LogP contribution in [0, 0.1) is 13.8 Å². The summed E-state index contributed by atoms with van der Waals surface area (Å²) in [7, 11) is 0. The summed E-state index contributed by atoms with van der Waals surface area (Å²) in [6.07, 6.45) is 0. The number of hydrogen-bond donors (Lipinski definition) is 3. The molecule has 1 aromatic heterocycles. The van der Waals surface area contributed by atoms with Gasteiger partial charge in [0.2, 0.25) is 0 Å². The molecule has 5 N–H and O–H groups in total. The molecule has 0 aliphatic heterocycles. The highest BCUT2D eigenvalue weighted by Gasteiger charge is 2.22. The summed E-state index contributed by atoms with van der Waals surface area (Å²) >= 11 is 0. The van der Waals surface area contributed by atoms with E-state index in [0.717, 1.165) is 11.1 Å². The van der Waals surface area contributed by atoms with E-state index in [4.69, 9.17) is 11.5 Å². The first-order valence-electron chi connectivity index (χ1n) is 6.72. The van der Waals surface area contributed by atoms with Crippen LogP contribution in [0.15, 0.2) is 24.3 Å². The van der Waals surface area contributed by atoms with Gasteiger partial charge in [0.15, 0.2) is 0 Å². The third-order valence-electron chi connectivity index (χ3n) is 3.52. The molecule has 0 aliphatic rings. The van der Waals surface area contributed by atoms with Crippen LogP contribution in [0.4, 0.5) is 0 Å². The molecule has 0 spiro atoms. The summed E-state index contributed by atoms with van der Waals surface area (Å²) in [5.41, 5.74) is 16.1. The third-order valence-corrected chi connectivity index (χ3v) is 3.52. The fourth-order valence-electron chi connectivity index (χ4n) is 2.49. The van der Waals surface area contributed by atoms with Crippen molar-refractivity contribution >= 4 is 5.97 Å². The predicted octanol–water partition coefficient (Wildman–Crippen LogP) is 1.98. The number of nitrogens with zero attached hydrogens (tertiary/aromatic N) is 1. The van der Waals surface area contributed by atoms with Gasteiger partial charge in [0.25, 0.3) is 0 Å². The van der Waals surface area contributed by atoms with Gasteiger partial charge in [-0.2, -0.15) is 0 Å². The molecule has 0 fully saturated rings. The number of aryl methyl sites for hydroxylation is 2. The summed E-state index contributed by atoms with van der Waals surface area (Å²) in [5.74, 6) is -1.01. The van der Waals surface area contributed by atoms with Crippen molar-refractivity contribution in [2.75, 3.05) is 0 Å². The minimum absolute atomic E-state index is 0.191. The number of rotatable bonds is 4. The second-order valence-electron chi connectivity index (χ2n) is 4.95. The molecule has 0 aliphatic carbocycles. The van der Waals surface area contributed by atoms with Gasteiger partial charge in [0, 0.05) is 18.7 Å². The Bertz CT molecular complexity index is 679. The first-order chi connectivity index (χ1) is 9.99. The van der Waals surface area contributed by atoms with Crippen molar-refractivity contribution in [3.8, 4) is 11.1 Å². The molecule has 21 heavy (non-hydrogen) atoms. The fraction of sp³-hybridized carbons (Fsp3) is 0.250. The van der Waals surface area contributed by atoms with E-state index in [-0.39, 0.29) is 18.7 Å². The summed E-state index contributed by atoms with van der Waals surface area (Å²) < 4.78 is 0. The standard InChI is InChI=1S/C16H19N3O2/c1-9-3-5-11(6-4-9)15-12(7-17)13(8-18)19-10(2)14(15)16(20)21/h3-6H,7-8,17-18H2,1-2H3,(H,20,21). The Morgan fingerprint density at radius 2 is 1.76 bits per heavy atom. The normalized spacial score (nSPS) is 10.7. The van der Waals surface area contributed by atoms with Gasteiger partial charge in [-0.15, -0.1) is 0 Å². The molecule has 1 aromatic carbocycles. The van der Waals surface area contributed by atoms with E-state index in [9.17, 15) is 9.90 Å². The number of benzene rings is 1. The lowest BCUT2D eigenvalue weighted by atomic mass is 9.92. The van der Waals surface area contributed by atoms with Crippen molar-refractivity contribution in [1.29, 1.82) is 0 Å². The number of carboxylic acids is 1. The number of aromatic carboxylic acids is 1. The summed E-state index contributed by atoms with van der Waals surface area (Å²) in [6, 6.07) is 7.68. The molecule has 0 saturated heterocycles. The molecule has 2 aromatic rings. The Morgan fingerprint density at radius 3 is 2.24 bits per heavy atom. The average molecular weight is 285 g/mol. The highest BCUT2D eigenvalue weighted by molar-refractivity contribution is 5.98. The Kier molecular flexibility index (Phi) is 4.35. The van der Waals surface area contributed by atoms with Crippen molar-refractivity contribution in [3.05, 3.63) is 52.3 Å². The molecule has 0 bridgehead atoms. The van der Waals surface area contributed by atoms with Crippen LogP contribution in [0.1, 0.15) is 32.9 Å². The van der Waals surface area contributed by atoms with Gasteiger partial charge in [-0.25, -0.2) is 4.79 Å². The molecule has 0 radical (unpaired) electrons. The Hall–Kier alpha value is -2.24. The van der Waals surface area contributed by atoms with E-state index >= 15 is 0 Å². The Morgan fingerprint density at radius 1 is 1.14 bits per heavy atom. The maximum absolute atomic E-state index is 11.6. The zero-order chi connectivity index (χ0) is 15.6. The van der Waals surface area contributed by atoms with Crippen LogP contribution in [0.5, 0.6) is 0 Å². The molecule has 0 unspecified atom stereocenters. The highest BCUT2D eigenvalue weighted by atomic mass is 16.4. The number of pyridine rings is 1. The predicted molar refractivity (Wildman–Crippen MR) is 81.9 cm³/mol. The lowest BCUT2D eigenvalue weighted by molar-refractivity contribution is 0.0696. The minimum atomic E-state index is -1.01. The van der Waals surface area contributed by atoms with Gasteiger partial charge >= 0.3 is 5.97 Å². The lowest BCUT2D eigenvalue weighted by Crippen LogP contribution is -2.16. The van der Waals surface area contributed by atoms with Gasteiger partial charge < -0.3 is 16.6 Å². The van der Waals surface area contributed by atoms with Crippen LogP contribution >= 0.6 is 0 Å². The molecular weight excluding hydrogens is 266 g/mol. The van der Waals surface area contributed by atoms with Crippen molar-refractivity contribution < 1.29 is 9.90 Å². The Balaban J connectivity index is 2.84. The molecule has 2 rings (SSSR count). The first kappa shape index (κ1) is 15.2. The topological polar surface area (TPSA) is 102 Å². The number of nitrogens with two attached hydrogens (primary N) is 2. The number of aromatic nitrogens is 1. The first-order valence-corrected chi connectivity index (χ1v) is 6.72. The molecule has 110 valence electrons. The van der Waals surface area contributed by atoms with Crippen LogP contribution in [-0.2, 0) is 13.1 Å². The van der Waals surface area contributed by atoms with Gasteiger partial charge in [-0.3, -0.25) is 4.98 Å². The van der Waals surface area contributed by atoms with E-state index in [1.54, 1.807) is 6.92 Å². The maximum atomic E-state index is 11.6. The van der Waals surface area contributed by atoms with E-state index in [2.05, 4.69) is 4.98 Å². The van der Waals surface area contributed by atoms with Gasteiger partial charge in [0.05, 0.1) is 17.0 Å². The second-order valence-corrected chi connectivity index (χ2v) is 4.95. The van der Waals surface area contributed by atoms with Gasteiger partial charge in [-0.05, 0) is 25.0 Å². The fourth-order valence-corrected chi connectivity index (χ4v) is 2.49. The zero-order valence-electron chi connectivity index (χ0n) is 12.2. The van der Waals surface area contributed by atoms with Crippen LogP contribution in [0.2, 0.25) is 0 Å². The third kappa shape index (κ3) is 2.79. The molecule has 0 atom stereocenters. The van der Waals surface area contributed by atoms with Crippen molar-refractivity contribution in [2.24, 2.45) is 11.5 Å². The van der Waals surface area contributed by atoms with Crippen molar-refractivity contribution in [3.63, 3.8) is 0 Å². The molecule has 0 saturated carbocycles. The van der Waals surface area contributed by atoms with Gasteiger partial charge in [-0.1, -0.05) is 29.8 Å². The molecule has 5 heteroatoms. The zero-order valence-corrected chi connectivity index (χ0v) is 12.2. The average Bonchev–Trinajstić information content (AvgIpc) is 2.46. The van der Waals surface area contributed by atoms with Crippen LogP contribution in [0.25, 0.3) is 11.1 Å². The number of carboxylic acid groups (broad SMARTS) is 1. The molecular formula is C16H19N3O2. The smallest absolute Gasteiger partial charge is 0.338 e. The van der Waals surface area contributed by atoms with Crippen LogP contribution < -0.4 is 11.5 Å². The van der Waals surface area contributed by atoms with Crippen LogP contribution in [0.3, 0.4) is 0 Å². The second kappa shape index (κ2) is 6.03. The van der Waals surface area contributed by atoms with Crippen molar-refractivity contribution in [2.45, 2.75) is 26.9 Å². The Labute approximate surface area is 123 Å². The van der Waals surface area contributed by atoms with E-state index in [1.165, 1.54) is 0 Å². The molecule has 5 nitrogen and oxygen atoms in total. The van der Waals surface area contributed by atoms with Crippen molar-refractivity contribution in [1.82, 2.24) is 4.98 Å². The quantitative estimate of drug-likeness (QED) is 0.797.